The number of unbranched alkanes of at least 4 members (excludes halogenated alkanes) is 1. The predicted octanol–water partition coefficient (Wildman–Crippen LogP) is 4.67. The monoisotopic (exact) mass is 247 g/mol. The molecule has 0 bridgehead atoms. The van der Waals surface area contributed by atoms with E-state index in [1.807, 2.05) is 6.92 Å². The zero-order chi connectivity index (χ0) is 12.2. The second-order valence-corrected chi connectivity index (χ2v) is 5.40. The number of halogens is 2. The summed E-state index contributed by atoms with van der Waals surface area (Å²) in [7, 11) is 0. The highest BCUT2D eigenvalue weighted by atomic mass is 32.1. The van der Waals surface area contributed by atoms with Gasteiger partial charge in [-0.3, -0.25) is 0 Å². The van der Waals surface area contributed by atoms with Crippen LogP contribution < -0.4 is 0 Å². The molecule has 1 nitrogen and oxygen atoms in total. The van der Waals surface area contributed by atoms with Gasteiger partial charge in [-0.1, -0.05) is 51.4 Å². The molecule has 0 fully saturated rings. The van der Waals surface area contributed by atoms with Crippen LogP contribution in [0.1, 0.15) is 58.6 Å². The van der Waals surface area contributed by atoms with Gasteiger partial charge in [0.2, 0.25) is 5.13 Å². The zero-order valence-electron chi connectivity index (χ0n) is 10.1. The van der Waals surface area contributed by atoms with E-state index >= 15 is 0 Å². The van der Waals surface area contributed by atoms with Crippen LogP contribution in [0.4, 0.5) is 8.78 Å². The van der Waals surface area contributed by atoms with Crippen LogP contribution in [0.5, 0.6) is 0 Å². The second kappa shape index (κ2) is 5.71. The van der Waals surface area contributed by atoms with Crippen molar-refractivity contribution < 1.29 is 8.78 Å². The van der Waals surface area contributed by atoms with Gasteiger partial charge in [-0.2, -0.15) is 8.78 Å². The highest BCUT2D eigenvalue weighted by Crippen LogP contribution is 2.36. The molecule has 1 aromatic heterocycles. The first-order valence-corrected chi connectivity index (χ1v) is 6.67. The number of aromatic nitrogens is 1. The van der Waals surface area contributed by atoms with Gasteiger partial charge in [-0.05, 0) is 12.8 Å². The van der Waals surface area contributed by atoms with Gasteiger partial charge in [0.15, 0.2) is 0 Å². The summed E-state index contributed by atoms with van der Waals surface area (Å²) in [6.07, 6.45) is 4.77. The lowest BCUT2D eigenvalue weighted by molar-refractivity contribution is 0.358. The smallest absolute Gasteiger partial charge is 0.211 e. The summed E-state index contributed by atoms with van der Waals surface area (Å²) in [6, 6.07) is 0. The van der Waals surface area contributed by atoms with Gasteiger partial charge >= 0.3 is 0 Å². The molecule has 1 heterocycles. The van der Waals surface area contributed by atoms with E-state index in [2.05, 4.69) is 18.8 Å². The standard InChI is InChI=1S/C12H19F2NS/c1-4-6-8-12(3,7-5-2)9-10(13)16-11(14)15-9/h4-8H2,1-3H3. The number of rotatable bonds is 6. The summed E-state index contributed by atoms with van der Waals surface area (Å²) in [5.41, 5.74) is 0.0145. The first kappa shape index (κ1) is 13.6. The minimum absolute atomic E-state index is 0.310. The normalized spacial score (nSPS) is 15.1. The Hall–Kier alpha value is -0.510. The summed E-state index contributed by atoms with van der Waals surface area (Å²) in [6.45, 7) is 6.15. The maximum absolute atomic E-state index is 13.6. The lowest BCUT2D eigenvalue weighted by Gasteiger charge is -2.27. The fourth-order valence-electron chi connectivity index (χ4n) is 2.13. The summed E-state index contributed by atoms with van der Waals surface area (Å²) in [4.78, 5) is 3.73. The van der Waals surface area contributed by atoms with E-state index < -0.39 is 10.4 Å². The van der Waals surface area contributed by atoms with E-state index in [1.165, 1.54) is 0 Å². The van der Waals surface area contributed by atoms with E-state index in [9.17, 15) is 8.78 Å². The Morgan fingerprint density at radius 3 is 2.31 bits per heavy atom. The van der Waals surface area contributed by atoms with Crippen LogP contribution in [0.2, 0.25) is 0 Å². The van der Waals surface area contributed by atoms with Gasteiger partial charge in [-0.25, -0.2) is 4.98 Å². The lowest BCUT2D eigenvalue weighted by Crippen LogP contribution is -2.23. The van der Waals surface area contributed by atoms with Crippen molar-refractivity contribution >= 4 is 11.3 Å². The molecule has 1 atom stereocenters. The first-order chi connectivity index (χ1) is 7.53. The molecule has 0 amide bonds. The highest BCUT2D eigenvalue weighted by molar-refractivity contribution is 7.08. The number of hydrogen-bond donors (Lipinski definition) is 0. The second-order valence-electron chi connectivity index (χ2n) is 4.50. The Kier molecular flexibility index (Phi) is 4.84. The zero-order valence-corrected chi connectivity index (χ0v) is 11.0. The summed E-state index contributed by atoms with van der Waals surface area (Å²) >= 11 is 0.511. The molecule has 4 heteroatoms. The Morgan fingerprint density at radius 2 is 1.88 bits per heavy atom. The Balaban J connectivity index is 2.95. The van der Waals surface area contributed by atoms with Crippen LogP contribution >= 0.6 is 11.3 Å². The molecule has 0 radical (unpaired) electrons. The third-order valence-corrected chi connectivity index (χ3v) is 3.65. The van der Waals surface area contributed by atoms with E-state index in [0.717, 1.165) is 32.1 Å². The maximum Gasteiger partial charge on any atom is 0.271 e. The van der Waals surface area contributed by atoms with Crippen molar-refractivity contribution in [3.8, 4) is 0 Å². The van der Waals surface area contributed by atoms with Crippen molar-refractivity contribution in [1.82, 2.24) is 4.98 Å². The Bertz CT molecular complexity index is 338. The predicted molar refractivity (Wildman–Crippen MR) is 63.8 cm³/mol. The van der Waals surface area contributed by atoms with E-state index in [0.29, 0.717) is 17.0 Å². The average Bonchev–Trinajstić information content (AvgIpc) is 2.56. The van der Waals surface area contributed by atoms with Gasteiger partial charge < -0.3 is 0 Å². The van der Waals surface area contributed by atoms with Gasteiger partial charge in [-0.15, -0.1) is 0 Å². The van der Waals surface area contributed by atoms with E-state index in [-0.39, 0.29) is 5.41 Å². The molecule has 0 aliphatic heterocycles. The highest BCUT2D eigenvalue weighted by Gasteiger charge is 2.31. The van der Waals surface area contributed by atoms with Crippen molar-refractivity contribution in [3.63, 3.8) is 0 Å². The van der Waals surface area contributed by atoms with Crippen molar-refractivity contribution in [1.29, 1.82) is 0 Å². The SMILES string of the molecule is CCCCC(C)(CCC)c1nc(F)sc1F. The lowest BCUT2D eigenvalue weighted by atomic mass is 9.78. The quantitative estimate of drug-likeness (QED) is 0.712. The van der Waals surface area contributed by atoms with Gasteiger partial charge in [0, 0.05) is 5.41 Å². The van der Waals surface area contributed by atoms with E-state index in [1.54, 1.807) is 0 Å². The van der Waals surface area contributed by atoms with Crippen molar-refractivity contribution in [2.45, 2.75) is 58.3 Å². The third-order valence-electron chi connectivity index (χ3n) is 3.02. The van der Waals surface area contributed by atoms with Crippen LogP contribution in [0.25, 0.3) is 0 Å². The number of nitrogens with zero attached hydrogens (tertiary/aromatic N) is 1. The summed E-state index contributed by atoms with van der Waals surface area (Å²) in [5.74, 6) is 0. The molecule has 0 saturated heterocycles. The van der Waals surface area contributed by atoms with Gasteiger partial charge in [0.25, 0.3) is 5.26 Å². The molecule has 0 saturated carbocycles. The largest absolute Gasteiger partial charge is 0.271 e. The Morgan fingerprint density at radius 1 is 1.19 bits per heavy atom. The van der Waals surface area contributed by atoms with Crippen LogP contribution in [-0.2, 0) is 5.41 Å². The van der Waals surface area contributed by atoms with Crippen LogP contribution in [0.15, 0.2) is 0 Å². The first-order valence-electron chi connectivity index (χ1n) is 5.85. The topological polar surface area (TPSA) is 12.9 Å². The van der Waals surface area contributed by atoms with Crippen LogP contribution in [0.3, 0.4) is 0 Å². The van der Waals surface area contributed by atoms with Crippen molar-refractivity contribution in [2.75, 3.05) is 0 Å². The molecular formula is C12H19F2NS. The molecule has 0 N–H and O–H groups in total. The maximum atomic E-state index is 13.6. The van der Waals surface area contributed by atoms with Crippen molar-refractivity contribution in [3.05, 3.63) is 16.1 Å². The van der Waals surface area contributed by atoms with Crippen molar-refractivity contribution in [2.24, 2.45) is 0 Å². The summed E-state index contributed by atoms with van der Waals surface area (Å²) in [5, 5.41) is -1.11. The minimum Gasteiger partial charge on any atom is -0.211 e. The Labute approximate surface area is 99.9 Å². The van der Waals surface area contributed by atoms with Gasteiger partial charge in [0.05, 0.1) is 5.69 Å². The molecule has 0 spiro atoms. The molecule has 1 unspecified atom stereocenters. The number of thiazole rings is 1. The average molecular weight is 247 g/mol. The molecule has 1 rings (SSSR count). The van der Waals surface area contributed by atoms with Crippen LogP contribution in [-0.4, -0.2) is 4.98 Å². The van der Waals surface area contributed by atoms with E-state index in [4.69, 9.17) is 0 Å². The molecular weight excluding hydrogens is 228 g/mol. The molecule has 0 aromatic carbocycles. The molecule has 16 heavy (non-hydrogen) atoms. The molecule has 1 aromatic rings. The van der Waals surface area contributed by atoms with Crippen LogP contribution in [0, 0.1) is 10.4 Å². The minimum atomic E-state index is -0.661. The van der Waals surface area contributed by atoms with Gasteiger partial charge in [0.1, 0.15) is 0 Å². The fourth-order valence-corrected chi connectivity index (χ4v) is 2.80. The molecule has 92 valence electrons. The fraction of sp³-hybridized carbons (Fsp3) is 0.750. The molecule has 0 aliphatic carbocycles. The third kappa shape index (κ3) is 3.00. The number of hydrogen-bond acceptors (Lipinski definition) is 2. The molecule has 0 aliphatic rings. The summed E-state index contributed by atoms with van der Waals surface area (Å²) < 4.78 is 26.5.